The van der Waals surface area contributed by atoms with Gasteiger partial charge in [0.25, 0.3) is 0 Å². The van der Waals surface area contributed by atoms with Crippen molar-refractivity contribution in [3.05, 3.63) is 35.4 Å². The van der Waals surface area contributed by atoms with Gasteiger partial charge in [-0.3, -0.25) is 4.79 Å². The summed E-state index contributed by atoms with van der Waals surface area (Å²) >= 11 is 3.45. The number of Topliss-reactive ketones (excluding diaryl/α,β-unsaturated/α-hetero) is 1. The lowest BCUT2D eigenvalue weighted by Crippen LogP contribution is -2.20. The molecule has 1 unspecified atom stereocenters. The maximum absolute atomic E-state index is 12.1. The van der Waals surface area contributed by atoms with Crippen LogP contribution >= 0.6 is 15.9 Å². The van der Waals surface area contributed by atoms with E-state index in [2.05, 4.69) is 36.7 Å². The van der Waals surface area contributed by atoms with Crippen LogP contribution in [0.3, 0.4) is 0 Å². The molecule has 0 radical (unpaired) electrons. The van der Waals surface area contributed by atoms with Crippen molar-refractivity contribution in [2.24, 2.45) is 5.92 Å². The third-order valence-corrected chi connectivity index (χ3v) is 4.34. The highest BCUT2D eigenvalue weighted by molar-refractivity contribution is 9.10. The Labute approximate surface area is 113 Å². The summed E-state index contributed by atoms with van der Waals surface area (Å²) in [5, 5.41) is 0. The van der Waals surface area contributed by atoms with E-state index in [4.69, 9.17) is 0 Å². The highest BCUT2D eigenvalue weighted by Gasteiger charge is 2.21. The van der Waals surface area contributed by atoms with Crippen molar-refractivity contribution in [1.82, 2.24) is 0 Å². The van der Waals surface area contributed by atoms with E-state index in [0.717, 1.165) is 5.56 Å². The van der Waals surface area contributed by atoms with Gasteiger partial charge in [-0.2, -0.15) is 0 Å². The fourth-order valence-corrected chi connectivity index (χ4v) is 1.86. The van der Waals surface area contributed by atoms with Gasteiger partial charge in [0.05, 0.1) is 4.83 Å². The Hall–Kier alpha value is -0.630. The molecule has 1 aromatic carbocycles. The maximum atomic E-state index is 12.1. The third kappa shape index (κ3) is 3.67. The van der Waals surface area contributed by atoms with Crippen molar-refractivity contribution in [3.63, 3.8) is 0 Å². The molecule has 0 N–H and O–H groups in total. The van der Waals surface area contributed by atoms with E-state index in [1.165, 1.54) is 5.56 Å². The van der Waals surface area contributed by atoms with Gasteiger partial charge < -0.3 is 0 Å². The van der Waals surface area contributed by atoms with Crippen LogP contribution in [-0.4, -0.2) is 10.6 Å². The molecule has 94 valence electrons. The van der Waals surface area contributed by atoms with E-state index < -0.39 is 0 Å². The van der Waals surface area contributed by atoms with Gasteiger partial charge in [-0.1, -0.05) is 74.8 Å². The summed E-state index contributed by atoms with van der Waals surface area (Å²) in [6, 6.07) is 7.96. The summed E-state index contributed by atoms with van der Waals surface area (Å²) in [6.45, 7) is 10.6. The fraction of sp³-hybridized carbons (Fsp3) is 0.533. The van der Waals surface area contributed by atoms with Crippen LogP contribution in [0.5, 0.6) is 0 Å². The quantitative estimate of drug-likeness (QED) is 0.589. The zero-order valence-electron chi connectivity index (χ0n) is 11.3. The highest BCUT2D eigenvalue weighted by Crippen LogP contribution is 2.24. The third-order valence-electron chi connectivity index (χ3n) is 2.87. The Bertz CT molecular complexity index is 384. The van der Waals surface area contributed by atoms with Crippen molar-refractivity contribution in [1.29, 1.82) is 0 Å². The van der Waals surface area contributed by atoms with E-state index in [1.54, 1.807) is 0 Å². The molecule has 1 nitrogen and oxygen atoms in total. The van der Waals surface area contributed by atoms with E-state index in [0.29, 0.717) is 5.92 Å². The summed E-state index contributed by atoms with van der Waals surface area (Å²) in [5.74, 6) is 0.477. The smallest absolute Gasteiger partial charge is 0.176 e. The molecule has 0 aliphatic heterocycles. The van der Waals surface area contributed by atoms with E-state index in [9.17, 15) is 4.79 Å². The number of hydrogen-bond donors (Lipinski definition) is 0. The molecule has 0 aliphatic rings. The van der Waals surface area contributed by atoms with E-state index >= 15 is 0 Å². The van der Waals surface area contributed by atoms with Crippen LogP contribution < -0.4 is 0 Å². The normalized spacial score (nSPS) is 13.8. The zero-order valence-corrected chi connectivity index (χ0v) is 12.8. The first-order chi connectivity index (χ1) is 7.73. The predicted molar refractivity (Wildman–Crippen MR) is 77.0 cm³/mol. The molecule has 0 aromatic heterocycles. The lowest BCUT2D eigenvalue weighted by Gasteiger charge is -2.19. The number of benzene rings is 1. The molecule has 1 atom stereocenters. The highest BCUT2D eigenvalue weighted by atomic mass is 79.9. The van der Waals surface area contributed by atoms with Crippen LogP contribution in [0.1, 0.15) is 50.5 Å². The average molecular weight is 297 g/mol. The number of halogens is 1. The molecule has 1 rings (SSSR count). The summed E-state index contributed by atoms with van der Waals surface area (Å²) in [4.78, 5) is 12.0. The van der Waals surface area contributed by atoms with Gasteiger partial charge in [-0.05, 0) is 16.9 Å². The molecule has 0 bridgehead atoms. The first-order valence-electron chi connectivity index (χ1n) is 6.02. The Morgan fingerprint density at radius 3 is 1.94 bits per heavy atom. The van der Waals surface area contributed by atoms with Gasteiger partial charge in [0, 0.05) is 5.56 Å². The standard InChI is InChI=1S/C15H21BrO/c1-10(2)13(16)14(17)11-6-8-12(9-7-11)15(3,4)5/h6-10,13H,1-5H3. The molecule has 0 fully saturated rings. The van der Waals surface area contributed by atoms with Crippen molar-refractivity contribution in [2.45, 2.75) is 44.9 Å². The van der Waals surface area contributed by atoms with Crippen molar-refractivity contribution < 1.29 is 4.79 Å². The summed E-state index contributed by atoms with van der Waals surface area (Å²) < 4.78 is 0. The minimum atomic E-state index is -0.0945. The van der Waals surface area contributed by atoms with Crippen molar-refractivity contribution in [3.8, 4) is 0 Å². The van der Waals surface area contributed by atoms with Gasteiger partial charge in [0.15, 0.2) is 5.78 Å². The summed E-state index contributed by atoms with van der Waals surface area (Å²) in [5.41, 5.74) is 2.17. The van der Waals surface area contributed by atoms with Crippen LogP contribution in [0, 0.1) is 5.92 Å². The SMILES string of the molecule is CC(C)C(Br)C(=O)c1ccc(C(C)(C)C)cc1. The Kier molecular flexibility index (Phi) is 4.54. The topological polar surface area (TPSA) is 17.1 Å². The Balaban J connectivity index is 2.92. The number of ketones is 1. The van der Waals surface area contributed by atoms with E-state index in [1.807, 2.05) is 38.1 Å². The number of alkyl halides is 1. The maximum Gasteiger partial charge on any atom is 0.176 e. The number of hydrogen-bond acceptors (Lipinski definition) is 1. The second kappa shape index (κ2) is 5.34. The number of carbonyl (C=O) groups excluding carboxylic acids is 1. The lowest BCUT2D eigenvalue weighted by molar-refractivity contribution is 0.0978. The fourth-order valence-electron chi connectivity index (χ4n) is 1.60. The lowest BCUT2D eigenvalue weighted by atomic mass is 9.86. The molecular formula is C15H21BrO. The van der Waals surface area contributed by atoms with Crippen LogP contribution in [0.2, 0.25) is 0 Å². The first-order valence-corrected chi connectivity index (χ1v) is 6.94. The molecule has 17 heavy (non-hydrogen) atoms. The van der Waals surface area contributed by atoms with E-state index in [-0.39, 0.29) is 16.0 Å². The Morgan fingerprint density at radius 2 is 1.59 bits per heavy atom. The minimum Gasteiger partial charge on any atom is -0.293 e. The summed E-state index contributed by atoms with van der Waals surface area (Å²) in [7, 11) is 0. The largest absolute Gasteiger partial charge is 0.293 e. The van der Waals surface area contributed by atoms with Crippen LogP contribution in [0.15, 0.2) is 24.3 Å². The molecule has 1 aromatic rings. The first kappa shape index (κ1) is 14.4. The second-order valence-corrected chi connectivity index (χ2v) is 6.82. The van der Waals surface area contributed by atoms with Crippen LogP contribution in [0.25, 0.3) is 0 Å². The molecule has 0 saturated carbocycles. The molecule has 0 saturated heterocycles. The monoisotopic (exact) mass is 296 g/mol. The Morgan fingerprint density at radius 1 is 1.12 bits per heavy atom. The van der Waals surface area contributed by atoms with Gasteiger partial charge in [0.1, 0.15) is 0 Å². The van der Waals surface area contributed by atoms with Crippen molar-refractivity contribution in [2.75, 3.05) is 0 Å². The van der Waals surface area contributed by atoms with Crippen LogP contribution in [0.4, 0.5) is 0 Å². The predicted octanol–water partition coefficient (Wildman–Crippen LogP) is 4.59. The summed E-state index contributed by atoms with van der Waals surface area (Å²) in [6.07, 6.45) is 0. The molecule has 0 spiro atoms. The molecule has 0 heterocycles. The van der Waals surface area contributed by atoms with Crippen LogP contribution in [-0.2, 0) is 5.41 Å². The molecule has 0 aliphatic carbocycles. The van der Waals surface area contributed by atoms with Crippen molar-refractivity contribution >= 4 is 21.7 Å². The minimum absolute atomic E-state index is 0.0945. The molecular weight excluding hydrogens is 276 g/mol. The van der Waals surface area contributed by atoms with Gasteiger partial charge in [-0.25, -0.2) is 0 Å². The van der Waals surface area contributed by atoms with Gasteiger partial charge in [0.2, 0.25) is 0 Å². The number of rotatable bonds is 3. The zero-order chi connectivity index (χ0) is 13.2. The second-order valence-electron chi connectivity index (χ2n) is 5.84. The molecule has 2 heteroatoms. The number of carbonyl (C=O) groups is 1. The van der Waals surface area contributed by atoms with Gasteiger partial charge >= 0.3 is 0 Å². The average Bonchev–Trinajstić information content (AvgIpc) is 2.26. The molecule has 0 amide bonds. The van der Waals surface area contributed by atoms with Gasteiger partial charge in [-0.15, -0.1) is 0 Å².